The average Bonchev–Trinajstić information content (AvgIpc) is 3.02. The van der Waals surface area contributed by atoms with E-state index in [1.165, 1.54) is 6.20 Å². The second-order valence-electron chi connectivity index (χ2n) is 9.04. The number of halogens is 1. The minimum Gasteiger partial charge on any atom is -0.497 e. The summed E-state index contributed by atoms with van der Waals surface area (Å²) in [6, 6.07) is 24.6. The van der Waals surface area contributed by atoms with Crippen LogP contribution in [0.3, 0.4) is 0 Å². The monoisotopic (exact) mass is 674 g/mol. The SMILES string of the molecule is COc1ccc(C(OC[C@H](CO)O[C@H](CO)n2cc(I)c(=O)[nH]c2=O)(c2ccccc2)c2ccc(OC)cc2)cc1. The van der Waals surface area contributed by atoms with Crippen LogP contribution < -0.4 is 20.7 Å². The quantitative estimate of drug-likeness (QED) is 0.146. The van der Waals surface area contributed by atoms with Crippen molar-refractivity contribution in [3.8, 4) is 11.5 Å². The number of aromatic amines is 1. The molecule has 4 aromatic rings. The molecule has 0 bridgehead atoms. The van der Waals surface area contributed by atoms with Crippen molar-refractivity contribution >= 4 is 22.6 Å². The molecule has 0 amide bonds. The Morgan fingerprint density at radius 1 is 0.829 bits per heavy atom. The smallest absolute Gasteiger partial charge is 0.330 e. The minimum atomic E-state index is -1.18. The molecule has 1 aromatic heterocycles. The Morgan fingerprint density at radius 3 is 1.85 bits per heavy atom. The first kappa shape index (κ1) is 30.5. The molecule has 10 nitrogen and oxygen atoms in total. The van der Waals surface area contributed by atoms with Gasteiger partial charge in [0.2, 0.25) is 0 Å². The van der Waals surface area contributed by atoms with Crippen LogP contribution in [0.2, 0.25) is 0 Å². The highest BCUT2D eigenvalue weighted by molar-refractivity contribution is 14.1. The molecule has 0 aliphatic carbocycles. The van der Waals surface area contributed by atoms with Crippen molar-refractivity contribution in [2.75, 3.05) is 34.0 Å². The molecule has 3 N–H and O–H groups in total. The number of benzene rings is 3. The van der Waals surface area contributed by atoms with Crippen LogP contribution in [-0.4, -0.2) is 59.9 Å². The van der Waals surface area contributed by atoms with E-state index in [2.05, 4.69) is 4.98 Å². The molecule has 0 fully saturated rings. The van der Waals surface area contributed by atoms with E-state index in [9.17, 15) is 19.8 Å². The zero-order chi connectivity index (χ0) is 29.4. The third-order valence-electron chi connectivity index (χ3n) is 6.60. The Hall–Kier alpha value is -3.49. The molecule has 0 radical (unpaired) electrons. The summed E-state index contributed by atoms with van der Waals surface area (Å²) in [4.78, 5) is 26.5. The molecule has 0 spiro atoms. The Bertz CT molecular complexity index is 1470. The van der Waals surface area contributed by atoms with E-state index < -0.39 is 42.4 Å². The van der Waals surface area contributed by atoms with Gasteiger partial charge in [-0.3, -0.25) is 14.3 Å². The van der Waals surface area contributed by atoms with Gasteiger partial charge in [-0.1, -0.05) is 54.6 Å². The molecular formula is C30H31IN2O8. The first-order valence-electron chi connectivity index (χ1n) is 12.7. The van der Waals surface area contributed by atoms with Crippen LogP contribution in [0.4, 0.5) is 0 Å². The number of aliphatic hydroxyl groups is 2. The van der Waals surface area contributed by atoms with Gasteiger partial charge < -0.3 is 29.2 Å². The summed E-state index contributed by atoms with van der Waals surface area (Å²) in [5, 5.41) is 20.3. The molecule has 0 aliphatic heterocycles. The molecule has 11 heteroatoms. The van der Waals surface area contributed by atoms with Crippen molar-refractivity contribution in [1.82, 2.24) is 9.55 Å². The van der Waals surface area contributed by atoms with Gasteiger partial charge in [0.15, 0.2) is 6.23 Å². The molecule has 1 heterocycles. The predicted molar refractivity (Wildman–Crippen MR) is 160 cm³/mol. The number of nitrogens with zero attached hydrogens (tertiary/aromatic N) is 1. The number of ether oxygens (including phenoxy) is 4. The zero-order valence-electron chi connectivity index (χ0n) is 22.5. The Morgan fingerprint density at radius 2 is 1.37 bits per heavy atom. The second-order valence-corrected chi connectivity index (χ2v) is 10.2. The Balaban J connectivity index is 1.76. The number of methoxy groups -OCH3 is 2. The van der Waals surface area contributed by atoms with Gasteiger partial charge in [0.1, 0.15) is 23.2 Å². The van der Waals surface area contributed by atoms with Crippen LogP contribution in [0, 0.1) is 3.57 Å². The second kappa shape index (κ2) is 13.9. The van der Waals surface area contributed by atoms with E-state index in [1.807, 2.05) is 78.9 Å². The van der Waals surface area contributed by atoms with Crippen molar-refractivity contribution in [3.63, 3.8) is 0 Å². The lowest BCUT2D eigenvalue weighted by Crippen LogP contribution is -2.40. The van der Waals surface area contributed by atoms with E-state index in [1.54, 1.807) is 36.8 Å². The highest BCUT2D eigenvalue weighted by Gasteiger charge is 2.39. The first-order chi connectivity index (χ1) is 19.9. The van der Waals surface area contributed by atoms with Crippen molar-refractivity contribution in [1.29, 1.82) is 0 Å². The number of hydrogen-bond acceptors (Lipinski definition) is 8. The number of H-pyrrole nitrogens is 1. The molecule has 216 valence electrons. The number of aromatic nitrogens is 2. The number of hydrogen-bond donors (Lipinski definition) is 3. The molecule has 4 rings (SSSR count). The number of aliphatic hydroxyl groups excluding tert-OH is 2. The predicted octanol–water partition coefficient (Wildman–Crippen LogP) is 3.04. The topological polar surface area (TPSA) is 132 Å². The number of rotatable bonds is 13. The molecule has 41 heavy (non-hydrogen) atoms. The van der Waals surface area contributed by atoms with Gasteiger partial charge in [0.25, 0.3) is 5.56 Å². The van der Waals surface area contributed by atoms with Crippen molar-refractivity contribution in [2.24, 2.45) is 0 Å². The maximum absolute atomic E-state index is 12.4. The lowest BCUT2D eigenvalue weighted by Gasteiger charge is -2.37. The van der Waals surface area contributed by atoms with E-state index in [4.69, 9.17) is 18.9 Å². The summed E-state index contributed by atoms with van der Waals surface area (Å²) in [5.41, 5.74) is -0.0559. The lowest BCUT2D eigenvalue weighted by atomic mass is 9.80. The fourth-order valence-corrected chi connectivity index (χ4v) is 4.96. The maximum atomic E-state index is 12.4. The summed E-state index contributed by atoms with van der Waals surface area (Å²) in [7, 11) is 3.18. The minimum absolute atomic E-state index is 0.130. The van der Waals surface area contributed by atoms with Crippen LogP contribution in [0.15, 0.2) is 94.6 Å². The van der Waals surface area contributed by atoms with Crippen molar-refractivity contribution < 1.29 is 29.2 Å². The van der Waals surface area contributed by atoms with Crippen LogP contribution in [-0.2, 0) is 15.1 Å². The molecule has 0 saturated heterocycles. The third kappa shape index (κ3) is 6.71. The van der Waals surface area contributed by atoms with Crippen LogP contribution in [0.25, 0.3) is 0 Å². The summed E-state index contributed by atoms with van der Waals surface area (Å²) in [5.74, 6) is 1.35. The summed E-state index contributed by atoms with van der Waals surface area (Å²) >= 11 is 1.78. The van der Waals surface area contributed by atoms with E-state index in [0.29, 0.717) is 11.5 Å². The number of nitrogens with one attached hydrogen (secondary N) is 1. The van der Waals surface area contributed by atoms with E-state index in [0.717, 1.165) is 21.3 Å². The lowest BCUT2D eigenvalue weighted by molar-refractivity contribution is -0.139. The third-order valence-corrected chi connectivity index (χ3v) is 7.37. The standard InChI is InChI=1S/C30H31IN2O8/c1-38-23-12-8-21(9-13-23)30(20-6-4-3-5-7-20,22-10-14-24(39-2)15-11-22)40-19-25(17-34)41-27(18-35)33-16-26(31)28(36)32-29(33)37/h3-16,25,27,34-35H,17-19H2,1-2H3,(H,32,36,37)/t25-,27+/m0/s1. The fraction of sp³-hybridized carbons (Fsp3) is 0.267. The molecule has 3 aromatic carbocycles. The largest absolute Gasteiger partial charge is 0.497 e. The van der Waals surface area contributed by atoms with Gasteiger partial charge in [0, 0.05) is 6.20 Å². The highest BCUT2D eigenvalue weighted by Crippen LogP contribution is 2.42. The normalized spacial score (nSPS) is 13.0. The molecule has 0 unspecified atom stereocenters. The summed E-state index contributed by atoms with van der Waals surface area (Å²) < 4.78 is 24.8. The maximum Gasteiger partial charge on any atom is 0.330 e. The van der Waals surface area contributed by atoms with Gasteiger partial charge in [-0.05, 0) is 63.5 Å². The van der Waals surface area contributed by atoms with Crippen LogP contribution in [0.5, 0.6) is 11.5 Å². The Kier molecular flexibility index (Phi) is 10.3. The first-order valence-corrected chi connectivity index (χ1v) is 13.8. The molecular weight excluding hydrogens is 643 g/mol. The summed E-state index contributed by atoms with van der Waals surface area (Å²) in [6.45, 7) is -1.18. The van der Waals surface area contributed by atoms with Gasteiger partial charge in [-0.2, -0.15) is 0 Å². The molecule has 0 aliphatic rings. The zero-order valence-corrected chi connectivity index (χ0v) is 24.7. The Labute approximate surface area is 250 Å². The van der Waals surface area contributed by atoms with E-state index in [-0.39, 0.29) is 10.2 Å². The van der Waals surface area contributed by atoms with E-state index >= 15 is 0 Å². The fourth-order valence-electron chi connectivity index (χ4n) is 4.52. The molecule has 2 atom stereocenters. The molecule has 0 saturated carbocycles. The van der Waals surface area contributed by atoms with Crippen LogP contribution in [0.1, 0.15) is 22.9 Å². The van der Waals surface area contributed by atoms with Gasteiger partial charge in [-0.25, -0.2) is 4.79 Å². The highest BCUT2D eigenvalue weighted by atomic mass is 127. The van der Waals surface area contributed by atoms with Crippen molar-refractivity contribution in [3.05, 3.63) is 126 Å². The van der Waals surface area contributed by atoms with Crippen molar-refractivity contribution in [2.45, 2.75) is 17.9 Å². The van der Waals surface area contributed by atoms with Gasteiger partial charge >= 0.3 is 5.69 Å². The van der Waals surface area contributed by atoms with Crippen LogP contribution >= 0.6 is 22.6 Å². The summed E-state index contributed by atoms with van der Waals surface area (Å²) in [6.07, 6.45) is -0.842. The average molecular weight is 674 g/mol. The van der Waals surface area contributed by atoms with Gasteiger partial charge in [0.05, 0.1) is 37.6 Å². The van der Waals surface area contributed by atoms with Gasteiger partial charge in [-0.15, -0.1) is 0 Å².